The first-order valence-corrected chi connectivity index (χ1v) is 7.94. The van der Waals surface area contributed by atoms with Crippen LogP contribution in [0.2, 0.25) is 0 Å². The fourth-order valence-electron chi connectivity index (χ4n) is 2.44. The molecule has 1 fully saturated rings. The molecule has 9 heteroatoms. The summed E-state index contributed by atoms with van der Waals surface area (Å²) in [6, 6.07) is 5.06. The predicted molar refractivity (Wildman–Crippen MR) is 72.1 cm³/mol. The highest BCUT2D eigenvalue weighted by atomic mass is 32.2. The standard InChI is InChI=1S/C13H15F2NO5S/c1-8-6-16(7-9(8)12(17)18)22(19,20)11-5-3-2-4-10(11)21-13(14)15/h2-5,8-9,13H,6-7H2,1H3,(H,17,18)/t8-,9-/m1/s1. The minimum absolute atomic E-state index is 0.0162. The second kappa shape index (κ2) is 6.17. The Hall–Kier alpha value is -1.74. The summed E-state index contributed by atoms with van der Waals surface area (Å²) in [5.41, 5.74) is 0. The molecule has 122 valence electrons. The van der Waals surface area contributed by atoms with Gasteiger partial charge in [-0.15, -0.1) is 0 Å². The fraction of sp³-hybridized carbons (Fsp3) is 0.462. The number of sulfonamides is 1. The molecule has 1 heterocycles. The van der Waals surface area contributed by atoms with Crippen LogP contribution in [0.3, 0.4) is 0 Å². The van der Waals surface area contributed by atoms with Crippen molar-refractivity contribution in [2.24, 2.45) is 11.8 Å². The van der Waals surface area contributed by atoms with Gasteiger partial charge in [0.2, 0.25) is 10.0 Å². The molecule has 0 aliphatic carbocycles. The molecule has 1 aromatic carbocycles. The van der Waals surface area contributed by atoms with Crippen LogP contribution >= 0.6 is 0 Å². The van der Waals surface area contributed by atoms with E-state index in [0.717, 1.165) is 16.4 Å². The second-order valence-electron chi connectivity index (χ2n) is 5.07. The Morgan fingerprint density at radius 1 is 1.36 bits per heavy atom. The Morgan fingerprint density at radius 2 is 2.00 bits per heavy atom. The number of hydrogen-bond acceptors (Lipinski definition) is 4. The number of ether oxygens (including phenoxy) is 1. The van der Waals surface area contributed by atoms with Gasteiger partial charge in [0.25, 0.3) is 0 Å². The Balaban J connectivity index is 2.34. The summed E-state index contributed by atoms with van der Waals surface area (Å²) in [6.45, 7) is -1.69. The van der Waals surface area contributed by atoms with E-state index in [-0.39, 0.29) is 19.0 Å². The maximum Gasteiger partial charge on any atom is 0.387 e. The first-order chi connectivity index (χ1) is 10.2. The topological polar surface area (TPSA) is 83.9 Å². The molecule has 0 radical (unpaired) electrons. The first-order valence-electron chi connectivity index (χ1n) is 6.50. The number of benzene rings is 1. The number of carboxylic acids is 1. The zero-order chi connectivity index (χ0) is 16.5. The second-order valence-corrected chi connectivity index (χ2v) is 6.98. The lowest BCUT2D eigenvalue weighted by Crippen LogP contribution is -2.30. The lowest BCUT2D eigenvalue weighted by Gasteiger charge is -2.18. The average Bonchev–Trinajstić information content (AvgIpc) is 2.81. The van der Waals surface area contributed by atoms with Crippen molar-refractivity contribution in [3.8, 4) is 5.75 Å². The maximum absolute atomic E-state index is 12.6. The molecule has 0 unspecified atom stereocenters. The number of rotatable bonds is 5. The van der Waals surface area contributed by atoms with Crippen molar-refractivity contribution < 1.29 is 31.8 Å². The van der Waals surface area contributed by atoms with E-state index in [4.69, 9.17) is 5.11 Å². The van der Waals surface area contributed by atoms with Gasteiger partial charge in [-0.05, 0) is 18.1 Å². The zero-order valence-corrected chi connectivity index (χ0v) is 12.5. The predicted octanol–water partition coefficient (Wildman–Crippen LogP) is 1.63. The molecular weight excluding hydrogens is 320 g/mol. The van der Waals surface area contributed by atoms with Crippen molar-refractivity contribution in [2.45, 2.75) is 18.4 Å². The molecule has 0 aromatic heterocycles. The van der Waals surface area contributed by atoms with Crippen LogP contribution in [0.15, 0.2) is 29.2 Å². The zero-order valence-electron chi connectivity index (χ0n) is 11.6. The van der Waals surface area contributed by atoms with E-state index in [0.29, 0.717) is 0 Å². The highest BCUT2D eigenvalue weighted by molar-refractivity contribution is 7.89. The smallest absolute Gasteiger partial charge is 0.387 e. The minimum Gasteiger partial charge on any atom is -0.481 e. The van der Waals surface area contributed by atoms with Gasteiger partial charge in [0.15, 0.2) is 0 Å². The van der Waals surface area contributed by atoms with Gasteiger partial charge in [0, 0.05) is 13.1 Å². The summed E-state index contributed by atoms with van der Waals surface area (Å²) in [5.74, 6) is -2.72. The Kier molecular flexibility index (Phi) is 4.66. The monoisotopic (exact) mass is 335 g/mol. The lowest BCUT2D eigenvalue weighted by atomic mass is 9.99. The average molecular weight is 335 g/mol. The number of halogens is 2. The molecule has 6 nitrogen and oxygen atoms in total. The van der Waals surface area contributed by atoms with E-state index in [9.17, 15) is 22.0 Å². The summed E-state index contributed by atoms with van der Waals surface area (Å²) in [7, 11) is -4.10. The van der Waals surface area contributed by atoms with E-state index in [1.807, 2.05) is 0 Å². The molecule has 1 saturated heterocycles. The number of hydrogen-bond donors (Lipinski definition) is 1. The number of aliphatic carboxylic acids is 1. The third kappa shape index (κ3) is 3.20. The quantitative estimate of drug-likeness (QED) is 0.884. The van der Waals surface area contributed by atoms with Crippen LogP contribution < -0.4 is 4.74 Å². The van der Waals surface area contributed by atoms with Crippen LogP contribution in [0.1, 0.15) is 6.92 Å². The molecule has 22 heavy (non-hydrogen) atoms. The minimum atomic E-state index is -4.10. The third-order valence-corrected chi connectivity index (χ3v) is 5.45. The molecule has 0 amide bonds. The van der Waals surface area contributed by atoms with Crippen LogP contribution in [0, 0.1) is 11.8 Å². The van der Waals surface area contributed by atoms with Gasteiger partial charge < -0.3 is 9.84 Å². The van der Waals surface area contributed by atoms with Crippen molar-refractivity contribution in [3.05, 3.63) is 24.3 Å². The van der Waals surface area contributed by atoms with Crippen molar-refractivity contribution in [3.63, 3.8) is 0 Å². The summed E-state index contributed by atoms with van der Waals surface area (Å²) >= 11 is 0. The normalized spacial score (nSPS) is 22.9. The van der Waals surface area contributed by atoms with Crippen LogP contribution in [0.5, 0.6) is 5.75 Å². The molecule has 1 N–H and O–H groups in total. The Morgan fingerprint density at radius 3 is 2.55 bits per heavy atom. The number of carboxylic acid groups (broad SMARTS) is 1. The van der Waals surface area contributed by atoms with Crippen LogP contribution in [0.4, 0.5) is 8.78 Å². The van der Waals surface area contributed by atoms with E-state index in [2.05, 4.69) is 4.74 Å². The van der Waals surface area contributed by atoms with Gasteiger partial charge in [-0.25, -0.2) is 8.42 Å². The number of para-hydroxylation sites is 1. The molecule has 1 aromatic rings. The molecule has 1 aliphatic heterocycles. The molecule has 1 aliphatic rings. The van der Waals surface area contributed by atoms with Gasteiger partial charge in [-0.3, -0.25) is 4.79 Å². The first kappa shape index (κ1) is 16.6. The van der Waals surface area contributed by atoms with Gasteiger partial charge in [0.1, 0.15) is 10.6 Å². The Labute approximate surface area is 126 Å². The SMILES string of the molecule is C[C@@H]1CN(S(=O)(=O)c2ccccc2OC(F)F)C[C@H]1C(=O)O. The summed E-state index contributed by atoms with van der Waals surface area (Å²) in [4.78, 5) is 10.7. The molecular formula is C13H15F2NO5S. The number of alkyl halides is 2. The van der Waals surface area contributed by atoms with Gasteiger partial charge >= 0.3 is 12.6 Å². The van der Waals surface area contributed by atoms with E-state index < -0.39 is 39.2 Å². The van der Waals surface area contributed by atoms with Crippen molar-refractivity contribution in [2.75, 3.05) is 13.1 Å². The van der Waals surface area contributed by atoms with E-state index in [1.165, 1.54) is 12.1 Å². The molecule has 0 bridgehead atoms. The maximum atomic E-state index is 12.6. The lowest BCUT2D eigenvalue weighted by molar-refractivity contribution is -0.142. The summed E-state index contributed by atoms with van der Waals surface area (Å²) in [6.07, 6.45) is 0. The number of nitrogens with zero attached hydrogens (tertiary/aromatic N) is 1. The van der Waals surface area contributed by atoms with Gasteiger partial charge in [0.05, 0.1) is 5.92 Å². The van der Waals surface area contributed by atoms with Gasteiger partial charge in [-0.2, -0.15) is 13.1 Å². The van der Waals surface area contributed by atoms with Gasteiger partial charge in [-0.1, -0.05) is 19.1 Å². The molecule has 2 rings (SSSR count). The molecule has 0 spiro atoms. The van der Waals surface area contributed by atoms with Crippen molar-refractivity contribution in [1.29, 1.82) is 0 Å². The van der Waals surface area contributed by atoms with Crippen molar-refractivity contribution in [1.82, 2.24) is 4.31 Å². The highest BCUT2D eigenvalue weighted by Crippen LogP contribution is 2.33. The van der Waals surface area contributed by atoms with Crippen LogP contribution in [0.25, 0.3) is 0 Å². The third-order valence-electron chi connectivity index (χ3n) is 3.58. The molecule has 0 saturated carbocycles. The number of carbonyl (C=O) groups is 1. The highest BCUT2D eigenvalue weighted by Gasteiger charge is 2.41. The van der Waals surface area contributed by atoms with E-state index in [1.54, 1.807) is 6.92 Å². The van der Waals surface area contributed by atoms with E-state index >= 15 is 0 Å². The largest absolute Gasteiger partial charge is 0.481 e. The summed E-state index contributed by atoms with van der Waals surface area (Å²) in [5, 5.41) is 9.07. The van der Waals surface area contributed by atoms with Crippen LogP contribution in [-0.2, 0) is 14.8 Å². The summed E-state index contributed by atoms with van der Waals surface area (Å²) < 4.78 is 55.1. The van der Waals surface area contributed by atoms with Crippen LogP contribution in [-0.4, -0.2) is 43.5 Å². The Bertz CT molecular complexity index is 664. The molecule has 2 atom stereocenters. The fourth-order valence-corrected chi connectivity index (χ4v) is 4.12. The van der Waals surface area contributed by atoms with Crippen molar-refractivity contribution >= 4 is 16.0 Å².